The molecule has 2 aliphatic carbocycles. The van der Waals surface area contributed by atoms with Crippen LogP contribution >= 0.6 is 0 Å². The summed E-state index contributed by atoms with van der Waals surface area (Å²) < 4.78 is 0. The predicted molar refractivity (Wildman–Crippen MR) is 48.1 cm³/mol. The van der Waals surface area contributed by atoms with Crippen molar-refractivity contribution in [2.75, 3.05) is 0 Å². The zero-order chi connectivity index (χ0) is 8.28. The lowest BCUT2D eigenvalue weighted by Gasteiger charge is -2.40. The fourth-order valence-corrected chi connectivity index (χ4v) is 3.28. The molecule has 63 valence electrons. The largest absolute Gasteiger partial charge is 0.0591 e. The molecular weight excluding hydrogens is 132 g/mol. The maximum Gasteiger partial charge on any atom is -0.0154 e. The standard InChI is InChI=1S/C11H19/c1-8-10(2,3)9-5-6-11(8,4)7-9/h9H,5-7H2,1-4H3. The highest BCUT2D eigenvalue weighted by atomic mass is 14.6. The van der Waals surface area contributed by atoms with Crippen LogP contribution in [0.4, 0.5) is 0 Å². The van der Waals surface area contributed by atoms with Crippen LogP contribution in [0.2, 0.25) is 0 Å². The van der Waals surface area contributed by atoms with Gasteiger partial charge in [0.25, 0.3) is 0 Å². The summed E-state index contributed by atoms with van der Waals surface area (Å²) in [6.45, 7) is 9.69. The van der Waals surface area contributed by atoms with Gasteiger partial charge in [-0.25, -0.2) is 0 Å². The first-order valence-electron chi connectivity index (χ1n) is 4.81. The number of hydrogen-bond acceptors (Lipinski definition) is 0. The molecule has 0 nitrogen and oxygen atoms in total. The van der Waals surface area contributed by atoms with Crippen LogP contribution in [0.25, 0.3) is 0 Å². The van der Waals surface area contributed by atoms with E-state index in [1.54, 1.807) is 5.92 Å². The molecule has 0 heteroatoms. The van der Waals surface area contributed by atoms with Gasteiger partial charge in [0.15, 0.2) is 0 Å². The van der Waals surface area contributed by atoms with E-state index in [-0.39, 0.29) is 0 Å². The van der Waals surface area contributed by atoms with Crippen molar-refractivity contribution in [2.24, 2.45) is 16.7 Å². The van der Waals surface area contributed by atoms with Gasteiger partial charge in [0, 0.05) is 0 Å². The van der Waals surface area contributed by atoms with Crippen molar-refractivity contribution in [3.63, 3.8) is 0 Å². The second-order valence-corrected chi connectivity index (χ2v) is 5.35. The predicted octanol–water partition coefficient (Wildman–Crippen LogP) is 3.43. The van der Waals surface area contributed by atoms with Gasteiger partial charge < -0.3 is 0 Å². The second kappa shape index (κ2) is 1.84. The highest BCUT2D eigenvalue weighted by molar-refractivity contribution is 5.22. The second-order valence-electron chi connectivity index (χ2n) is 5.35. The Morgan fingerprint density at radius 1 is 1.27 bits per heavy atom. The Bertz CT molecular complexity index is 176. The van der Waals surface area contributed by atoms with Crippen LogP contribution in [0.3, 0.4) is 0 Å². The van der Waals surface area contributed by atoms with E-state index in [1.807, 2.05) is 0 Å². The average molecular weight is 151 g/mol. The average Bonchev–Trinajstić information content (AvgIpc) is 2.36. The molecule has 0 saturated heterocycles. The lowest BCUT2D eigenvalue weighted by atomic mass is 9.65. The summed E-state index contributed by atoms with van der Waals surface area (Å²) in [6, 6.07) is 0. The summed E-state index contributed by atoms with van der Waals surface area (Å²) in [7, 11) is 0. The van der Waals surface area contributed by atoms with Crippen molar-refractivity contribution in [3.05, 3.63) is 5.92 Å². The molecule has 0 aromatic rings. The zero-order valence-electron chi connectivity index (χ0n) is 8.20. The molecule has 2 bridgehead atoms. The minimum absolute atomic E-state index is 0.549. The van der Waals surface area contributed by atoms with Crippen molar-refractivity contribution in [1.82, 2.24) is 0 Å². The molecular formula is C11H19. The SMILES string of the molecule is C[C]1C2(C)CCC(C2)C1(C)C. The monoisotopic (exact) mass is 151 g/mol. The smallest absolute Gasteiger partial charge is 0.0154 e. The molecule has 0 amide bonds. The van der Waals surface area contributed by atoms with Gasteiger partial charge in [0.2, 0.25) is 0 Å². The number of rotatable bonds is 0. The van der Waals surface area contributed by atoms with E-state index in [2.05, 4.69) is 27.7 Å². The minimum Gasteiger partial charge on any atom is -0.0591 e. The van der Waals surface area contributed by atoms with Gasteiger partial charge in [0.05, 0.1) is 0 Å². The minimum atomic E-state index is 0.549. The van der Waals surface area contributed by atoms with E-state index >= 15 is 0 Å². The maximum atomic E-state index is 2.46. The molecule has 0 heterocycles. The van der Waals surface area contributed by atoms with E-state index < -0.39 is 0 Å². The fraction of sp³-hybridized carbons (Fsp3) is 0.909. The quantitative estimate of drug-likeness (QED) is 0.497. The van der Waals surface area contributed by atoms with Gasteiger partial charge in [0.1, 0.15) is 0 Å². The van der Waals surface area contributed by atoms with E-state index in [9.17, 15) is 0 Å². The Labute approximate surface area is 70.4 Å². The molecule has 0 aromatic heterocycles. The summed E-state index contributed by atoms with van der Waals surface area (Å²) in [5.41, 5.74) is 1.17. The Morgan fingerprint density at radius 3 is 2.18 bits per heavy atom. The third kappa shape index (κ3) is 0.761. The molecule has 2 saturated carbocycles. The Morgan fingerprint density at radius 2 is 1.91 bits per heavy atom. The first-order valence-corrected chi connectivity index (χ1v) is 4.81. The zero-order valence-corrected chi connectivity index (χ0v) is 8.20. The van der Waals surface area contributed by atoms with Gasteiger partial charge >= 0.3 is 0 Å². The van der Waals surface area contributed by atoms with E-state index in [0.717, 1.165) is 5.92 Å². The molecule has 2 aliphatic rings. The van der Waals surface area contributed by atoms with Crippen molar-refractivity contribution in [2.45, 2.75) is 47.0 Å². The Kier molecular flexibility index (Phi) is 1.28. The van der Waals surface area contributed by atoms with Crippen LogP contribution in [0.5, 0.6) is 0 Å². The molecule has 2 atom stereocenters. The highest BCUT2D eigenvalue weighted by Crippen LogP contribution is 2.66. The molecule has 2 fully saturated rings. The van der Waals surface area contributed by atoms with Crippen LogP contribution in [0.1, 0.15) is 47.0 Å². The number of fused-ring (bicyclic) bond motifs is 2. The first kappa shape index (κ1) is 7.64. The molecule has 0 spiro atoms. The van der Waals surface area contributed by atoms with Gasteiger partial charge in [-0.05, 0) is 41.9 Å². The Balaban J connectivity index is 2.34. The van der Waals surface area contributed by atoms with Gasteiger partial charge in [-0.3, -0.25) is 0 Å². The lowest BCUT2D eigenvalue weighted by molar-refractivity contribution is 0.223. The third-order valence-electron chi connectivity index (χ3n) is 4.63. The van der Waals surface area contributed by atoms with E-state index in [1.165, 1.54) is 19.3 Å². The molecule has 0 aliphatic heterocycles. The van der Waals surface area contributed by atoms with Crippen LogP contribution in [0, 0.1) is 22.7 Å². The van der Waals surface area contributed by atoms with Gasteiger partial charge in [-0.2, -0.15) is 0 Å². The molecule has 2 rings (SSSR count). The first-order chi connectivity index (χ1) is 4.97. The van der Waals surface area contributed by atoms with Crippen LogP contribution in [-0.4, -0.2) is 0 Å². The fourth-order valence-electron chi connectivity index (χ4n) is 3.28. The molecule has 2 unspecified atom stereocenters. The molecule has 0 N–H and O–H groups in total. The van der Waals surface area contributed by atoms with Crippen LogP contribution < -0.4 is 0 Å². The summed E-state index contributed by atoms with van der Waals surface area (Å²) in [4.78, 5) is 0. The van der Waals surface area contributed by atoms with Crippen molar-refractivity contribution >= 4 is 0 Å². The molecule has 0 aromatic carbocycles. The Hall–Kier alpha value is 0. The van der Waals surface area contributed by atoms with Gasteiger partial charge in [-0.15, -0.1) is 0 Å². The van der Waals surface area contributed by atoms with Crippen molar-refractivity contribution < 1.29 is 0 Å². The normalized spacial score (nSPS) is 48.5. The molecule has 11 heavy (non-hydrogen) atoms. The highest BCUT2D eigenvalue weighted by Gasteiger charge is 2.57. The van der Waals surface area contributed by atoms with Gasteiger partial charge in [-0.1, -0.05) is 27.7 Å². The summed E-state index contributed by atoms with van der Waals surface area (Å²) in [6.07, 6.45) is 4.39. The summed E-state index contributed by atoms with van der Waals surface area (Å²) in [5, 5.41) is 0. The van der Waals surface area contributed by atoms with Crippen LogP contribution in [0.15, 0.2) is 0 Å². The summed E-state index contributed by atoms with van der Waals surface area (Å²) >= 11 is 0. The topological polar surface area (TPSA) is 0 Å². The maximum absolute atomic E-state index is 2.46. The van der Waals surface area contributed by atoms with E-state index in [0.29, 0.717) is 10.8 Å². The number of hydrogen-bond donors (Lipinski definition) is 0. The van der Waals surface area contributed by atoms with Crippen molar-refractivity contribution in [1.29, 1.82) is 0 Å². The summed E-state index contributed by atoms with van der Waals surface area (Å²) in [5.74, 6) is 2.76. The van der Waals surface area contributed by atoms with E-state index in [4.69, 9.17) is 0 Å². The van der Waals surface area contributed by atoms with Crippen LogP contribution in [-0.2, 0) is 0 Å². The lowest BCUT2D eigenvalue weighted by Crippen LogP contribution is -2.30. The third-order valence-corrected chi connectivity index (χ3v) is 4.63. The molecule has 1 radical (unpaired) electrons. The van der Waals surface area contributed by atoms with Crippen molar-refractivity contribution in [3.8, 4) is 0 Å².